The van der Waals surface area contributed by atoms with Crippen molar-refractivity contribution < 1.29 is 18.9 Å². The lowest BCUT2D eigenvalue weighted by Gasteiger charge is -2.13. The van der Waals surface area contributed by atoms with E-state index in [4.69, 9.17) is 24.0 Å². The first-order valence-corrected chi connectivity index (χ1v) is 10.8. The zero-order chi connectivity index (χ0) is 22.1. The van der Waals surface area contributed by atoms with Crippen molar-refractivity contribution in [1.29, 1.82) is 0 Å². The van der Waals surface area contributed by atoms with Crippen LogP contribution in [0, 0.1) is 6.92 Å². The summed E-state index contributed by atoms with van der Waals surface area (Å²) in [6, 6.07) is 13.5. The summed E-state index contributed by atoms with van der Waals surface area (Å²) in [7, 11) is 3.31. The number of nitrogens with one attached hydrogen (secondary N) is 1. The fraction of sp³-hybridized carbons (Fsp3) is 0.217. The summed E-state index contributed by atoms with van der Waals surface area (Å²) in [6.07, 6.45) is 1.93. The number of nitrogens with zero attached hydrogens (tertiary/aromatic N) is 3. The smallest absolute Gasteiger partial charge is 0.231 e. The van der Waals surface area contributed by atoms with Crippen LogP contribution in [0.2, 0.25) is 0 Å². The maximum Gasteiger partial charge on any atom is 0.231 e. The molecule has 0 aliphatic carbocycles. The number of thiazole rings is 1. The molecule has 0 unspecified atom stereocenters. The van der Waals surface area contributed by atoms with E-state index in [2.05, 4.69) is 10.3 Å². The fourth-order valence-corrected chi connectivity index (χ4v) is 4.52. The molecule has 0 saturated carbocycles. The third kappa shape index (κ3) is 3.71. The highest BCUT2D eigenvalue weighted by Crippen LogP contribution is 2.36. The first-order chi connectivity index (χ1) is 15.7. The monoisotopic (exact) mass is 450 g/mol. The molecule has 3 heterocycles. The summed E-state index contributed by atoms with van der Waals surface area (Å²) < 4.78 is 23.6. The standard InChI is InChI=1S/C23H22N4O4S/c1-14-22(17-9-10-27(26-17)15-7-8-20-21(11-15)31-13-30-20)32-23(25-14)24-12-16-18(28-2)5-4-6-19(16)29-3/h4-11H,12-13H2,1-3H3,(H,24,25). The number of fused-ring (bicyclic) bond motifs is 1. The van der Waals surface area contributed by atoms with E-state index in [1.807, 2.05) is 60.3 Å². The molecular weight excluding hydrogens is 428 g/mol. The minimum absolute atomic E-state index is 0.250. The molecule has 32 heavy (non-hydrogen) atoms. The summed E-state index contributed by atoms with van der Waals surface area (Å²) in [4.78, 5) is 5.70. The Morgan fingerprint density at radius 3 is 2.62 bits per heavy atom. The van der Waals surface area contributed by atoms with Gasteiger partial charge in [-0.1, -0.05) is 17.4 Å². The molecule has 1 aliphatic heterocycles. The third-order valence-corrected chi connectivity index (χ3v) is 6.32. The van der Waals surface area contributed by atoms with Crippen molar-refractivity contribution in [3.05, 3.63) is 59.9 Å². The Hall–Kier alpha value is -3.72. The lowest BCUT2D eigenvalue weighted by atomic mass is 10.1. The van der Waals surface area contributed by atoms with Gasteiger partial charge in [0.2, 0.25) is 6.79 Å². The number of ether oxygens (including phenoxy) is 4. The molecule has 0 spiro atoms. The first-order valence-electron chi connectivity index (χ1n) is 10.0. The van der Waals surface area contributed by atoms with Gasteiger partial charge in [-0.2, -0.15) is 5.10 Å². The zero-order valence-electron chi connectivity index (χ0n) is 17.9. The van der Waals surface area contributed by atoms with Gasteiger partial charge in [0, 0.05) is 18.8 Å². The SMILES string of the molecule is COc1cccc(OC)c1CNc1nc(C)c(-c2ccn(-c3ccc4c(c3)OCO4)n2)s1. The van der Waals surface area contributed by atoms with E-state index in [0.717, 1.165) is 55.6 Å². The maximum absolute atomic E-state index is 5.48. The first kappa shape index (κ1) is 20.2. The van der Waals surface area contributed by atoms with Gasteiger partial charge >= 0.3 is 0 Å². The minimum atomic E-state index is 0.250. The average Bonchev–Trinajstić information content (AvgIpc) is 3.56. The molecule has 5 rings (SSSR count). The summed E-state index contributed by atoms with van der Waals surface area (Å²) in [5.41, 5.74) is 3.63. The molecule has 164 valence electrons. The van der Waals surface area contributed by atoms with Crippen molar-refractivity contribution in [2.45, 2.75) is 13.5 Å². The highest BCUT2D eigenvalue weighted by atomic mass is 32.1. The van der Waals surface area contributed by atoms with Gasteiger partial charge in [-0.25, -0.2) is 9.67 Å². The molecule has 9 heteroatoms. The zero-order valence-corrected chi connectivity index (χ0v) is 18.7. The van der Waals surface area contributed by atoms with Crippen LogP contribution in [0.1, 0.15) is 11.3 Å². The van der Waals surface area contributed by atoms with Crippen molar-refractivity contribution in [3.63, 3.8) is 0 Å². The Kier molecular flexibility index (Phi) is 5.32. The second-order valence-electron chi connectivity index (χ2n) is 7.11. The summed E-state index contributed by atoms with van der Waals surface area (Å²) in [5.74, 6) is 3.02. The molecule has 0 bridgehead atoms. The Morgan fingerprint density at radius 1 is 1.06 bits per heavy atom. The topological polar surface area (TPSA) is 79.7 Å². The summed E-state index contributed by atoms with van der Waals surface area (Å²) >= 11 is 1.56. The molecule has 0 amide bonds. The van der Waals surface area contributed by atoms with Crippen LogP contribution in [-0.2, 0) is 6.54 Å². The lowest BCUT2D eigenvalue weighted by Crippen LogP contribution is -2.03. The molecule has 2 aromatic heterocycles. The highest BCUT2D eigenvalue weighted by Gasteiger charge is 2.17. The van der Waals surface area contributed by atoms with E-state index in [1.165, 1.54) is 0 Å². The van der Waals surface area contributed by atoms with Crippen molar-refractivity contribution in [3.8, 4) is 39.3 Å². The molecule has 8 nitrogen and oxygen atoms in total. The van der Waals surface area contributed by atoms with E-state index < -0.39 is 0 Å². The largest absolute Gasteiger partial charge is 0.496 e. The second kappa shape index (κ2) is 8.43. The van der Waals surface area contributed by atoms with Crippen molar-refractivity contribution in [1.82, 2.24) is 14.8 Å². The number of rotatable bonds is 7. The van der Waals surface area contributed by atoms with Gasteiger partial charge in [0.05, 0.1) is 36.0 Å². The van der Waals surface area contributed by atoms with Crippen LogP contribution in [0.5, 0.6) is 23.0 Å². The van der Waals surface area contributed by atoms with Gasteiger partial charge in [0.25, 0.3) is 0 Å². The molecule has 0 fully saturated rings. The van der Waals surface area contributed by atoms with Crippen molar-refractivity contribution in [2.24, 2.45) is 0 Å². The number of hydrogen-bond donors (Lipinski definition) is 1. The maximum atomic E-state index is 5.48. The van der Waals surface area contributed by atoms with Gasteiger partial charge < -0.3 is 24.3 Å². The Morgan fingerprint density at radius 2 is 1.84 bits per heavy atom. The normalized spacial score (nSPS) is 12.1. The number of aromatic nitrogens is 3. The molecular formula is C23H22N4O4S. The number of benzene rings is 2. The number of anilines is 1. The molecule has 0 atom stereocenters. The second-order valence-corrected chi connectivity index (χ2v) is 8.11. The number of hydrogen-bond acceptors (Lipinski definition) is 8. The van der Waals surface area contributed by atoms with E-state index in [9.17, 15) is 0 Å². The van der Waals surface area contributed by atoms with Gasteiger partial charge in [-0.3, -0.25) is 0 Å². The van der Waals surface area contributed by atoms with Crippen molar-refractivity contribution in [2.75, 3.05) is 26.3 Å². The predicted molar refractivity (Wildman–Crippen MR) is 122 cm³/mol. The van der Waals surface area contributed by atoms with Crippen LogP contribution in [0.4, 0.5) is 5.13 Å². The number of aryl methyl sites for hydroxylation is 1. The fourth-order valence-electron chi connectivity index (χ4n) is 3.59. The quantitative estimate of drug-likeness (QED) is 0.439. The summed E-state index contributed by atoms with van der Waals surface area (Å²) in [5, 5.41) is 8.95. The predicted octanol–water partition coefficient (Wildman–Crippen LogP) is 4.66. The molecule has 0 saturated heterocycles. The van der Waals surface area contributed by atoms with Crippen molar-refractivity contribution >= 4 is 16.5 Å². The molecule has 1 aliphatic rings. The van der Waals surface area contributed by atoms with Gasteiger partial charge in [-0.05, 0) is 37.3 Å². The number of methoxy groups -OCH3 is 2. The summed E-state index contributed by atoms with van der Waals surface area (Å²) in [6.45, 7) is 2.77. The molecule has 2 aromatic carbocycles. The van der Waals surface area contributed by atoms with Gasteiger partial charge in [0.15, 0.2) is 16.6 Å². The average molecular weight is 451 g/mol. The Bertz CT molecular complexity index is 1240. The van der Waals surface area contributed by atoms with Crippen LogP contribution in [0.25, 0.3) is 16.3 Å². The third-order valence-electron chi connectivity index (χ3n) is 5.19. The van der Waals surface area contributed by atoms with Crippen LogP contribution >= 0.6 is 11.3 Å². The minimum Gasteiger partial charge on any atom is -0.496 e. The highest BCUT2D eigenvalue weighted by molar-refractivity contribution is 7.19. The molecule has 0 radical (unpaired) electrons. The van der Waals surface area contributed by atoms with Crippen LogP contribution in [0.3, 0.4) is 0 Å². The van der Waals surface area contributed by atoms with Crippen LogP contribution < -0.4 is 24.3 Å². The molecule has 1 N–H and O–H groups in total. The van der Waals surface area contributed by atoms with E-state index in [0.29, 0.717) is 6.54 Å². The van der Waals surface area contributed by atoms with Gasteiger partial charge in [-0.15, -0.1) is 0 Å². The van der Waals surface area contributed by atoms with E-state index >= 15 is 0 Å². The Balaban J connectivity index is 1.36. The van der Waals surface area contributed by atoms with E-state index in [-0.39, 0.29) is 6.79 Å². The lowest BCUT2D eigenvalue weighted by molar-refractivity contribution is 0.174. The van der Waals surface area contributed by atoms with Gasteiger partial charge in [0.1, 0.15) is 17.2 Å². The Labute approximate surface area is 189 Å². The van der Waals surface area contributed by atoms with Crippen LogP contribution in [-0.4, -0.2) is 35.8 Å². The van der Waals surface area contributed by atoms with E-state index in [1.54, 1.807) is 25.6 Å². The van der Waals surface area contributed by atoms with Crippen LogP contribution in [0.15, 0.2) is 48.7 Å². The molecule has 4 aromatic rings.